The van der Waals surface area contributed by atoms with Crippen LogP contribution in [0.25, 0.3) is 0 Å². The van der Waals surface area contributed by atoms with Crippen LogP contribution in [0.5, 0.6) is 0 Å². The Balaban J connectivity index is 1.72. The molecule has 0 saturated heterocycles. The second-order valence-electron chi connectivity index (χ2n) is 6.07. The minimum Gasteiger partial charge on any atom is -0.467 e. The van der Waals surface area contributed by atoms with Crippen molar-refractivity contribution in [1.29, 1.82) is 0 Å². The number of nitrogens with one attached hydrogen (secondary N) is 2. The highest BCUT2D eigenvalue weighted by molar-refractivity contribution is 5.85. The number of carbonyl (C=O) groups excluding carboxylic acids is 3. The van der Waals surface area contributed by atoms with Gasteiger partial charge in [0.2, 0.25) is 5.91 Å². The Labute approximate surface area is 164 Å². The predicted octanol–water partition coefficient (Wildman–Crippen LogP) is 2.20. The lowest BCUT2D eigenvalue weighted by Gasteiger charge is -2.16. The number of amides is 2. The normalized spacial score (nSPS) is 11.2. The third-order valence-electron chi connectivity index (χ3n) is 3.94. The summed E-state index contributed by atoms with van der Waals surface area (Å²) in [5.41, 5.74) is 1.78. The molecule has 0 radical (unpaired) electrons. The highest BCUT2D eigenvalue weighted by Gasteiger charge is 2.21. The Hall–Kier alpha value is -3.35. The molecular formula is C21H24N2O5. The van der Waals surface area contributed by atoms with E-state index in [0.717, 1.165) is 11.1 Å². The van der Waals surface area contributed by atoms with Crippen LogP contribution >= 0.6 is 0 Å². The van der Waals surface area contributed by atoms with Crippen molar-refractivity contribution in [2.45, 2.75) is 25.5 Å². The summed E-state index contributed by atoms with van der Waals surface area (Å²) >= 11 is 0. The van der Waals surface area contributed by atoms with Gasteiger partial charge in [-0.15, -0.1) is 0 Å². The van der Waals surface area contributed by atoms with Gasteiger partial charge in [0.15, 0.2) is 0 Å². The van der Waals surface area contributed by atoms with Crippen LogP contribution in [0.1, 0.15) is 17.5 Å². The summed E-state index contributed by atoms with van der Waals surface area (Å²) < 4.78 is 9.83. The van der Waals surface area contributed by atoms with E-state index in [0.29, 0.717) is 6.42 Å². The van der Waals surface area contributed by atoms with Crippen molar-refractivity contribution in [2.75, 3.05) is 13.7 Å². The first-order chi connectivity index (χ1) is 13.6. The fourth-order valence-corrected chi connectivity index (χ4v) is 2.50. The smallest absolute Gasteiger partial charge is 0.407 e. The van der Waals surface area contributed by atoms with Gasteiger partial charge in [-0.3, -0.25) is 4.79 Å². The van der Waals surface area contributed by atoms with Crippen molar-refractivity contribution < 1.29 is 23.9 Å². The van der Waals surface area contributed by atoms with E-state index in [-0.39, 0.29) is 25.5 Å². The quantitative estimate of drug-likeness (QED) is 0.647. The maximum atomic E-state index is 12.1. The fourth-order valence-electron chi connectivity index (χ4n) is 2.50. The van der Waals surface area contributed by atoms with Crippen molar-refractivity contribution in [3.63, 3.8) is 0 Å². The van der Waals surface area contributed by atoms with Crippen LogP contribution in [0.3, 0.4) is 0 Å². The molecular weight excluding hydrogens is 360 g/mol. The molecule has 0 bridgehead atoms. The highest BCUT2D eigenvalue weighted by atomic mass is 16.5. The molecule has 2 aromatic rings. The maximum Gasteiger partial charge on any atom is 0.407 e. The van der Waals surface area contributed by atoms with Crippen LogP contribution in [-0.2, 0) is 32.1 Å². The van der Waals surface area contributed by atoms with Gasteiger partial charge in [0, 0.05) is 19.4 Å². The standard InChI is InChI=1S/C21H24N2O5/c1-27-20(25)18(14-16-8-4-2-5-9-16)23-19(24)12-13-22-21(26)28-15-17-10-6-3-7-11-17/h2-11,18H,12-15H2,1H3,(H,22,26)(H,23,24)/t18-/m1/s1. The van der Waals surface area contributed by atoms with Crippen molar-refractivity contribution in [2.24, 2.45) is 0 Å². The van der Waals surface area contributed by atoms with E-state index in [1.807, 2.05) is 60.7 Å². The molecule has 0 aliphatic heterocycles. The summed E-state index contributed by atoms with van der Waals surface area (Å²) in [5.74, 6) is -0.887. The Morgan fingerprint density at radius 3 is 2.14 bits per heavy atom. The molecule has 28 heavy (non-hydrogen) atoms. The zero-order valence-corrected chi connectivity index (χ0v) is 15.7. The number of esters is 1. The molecule has 0 aromatic heterocycles. The fraction of sp³-hybridized carbons (Fsp3) is 0.286. The second kappa shape index (κ2) is 11.4. The van der Waals surface area contributed by atoms with E-state index in [1.165, 1.54) is 7.11 Å². The molecule has 7 nitrogen and oxygen atoms in total. The van der Waals surface area contributed by atoms with Gasteiger partial charge in [-0.05, 0) is 11.1 Å². The largest absolute Gasteiger partial charge is 0.467 e. The second-order valence-corrected chi connectivity index (χ2v) is 6.07. The topological polar surface area (TPSA) is 93.7 Å². The molecule has 2 aromatic carbocycles. The number of hydrogen-bond acceptors (Lipinski definition) is 5. The first kappa shape index (κ1) is 21.0. The number of alkyl carbamates (subject to hydrolysis) is 1. The van der Waals surface area contributed by atoms with E-state index >= 15 is 0 Å². The van der Waals surface area contributed by atoms with Crippen LogP contribution in [0.15, 0.2) is 60.7 Å². The van der Waals surface area contributed by atoms with E-state index in [4.69, 9.17) is 9.47 Å². The van der Waals surface area contributed by atoms with Gasteiger partial charge < -0.3 is 20.1 Å². The Bertz CT molecular complexity index is 765. The summed E-state index contributed by atoms with van der Waals surface area (Å²) in [7, 11) is 1.27. The average Bonchev–Trinajstić information content (AvgIpc) is 2.72. The van der Waals surface area contributed by atoms with Gasteiger partial charge in [0.05, 0.1) is 7.11 Å². The Morgan fingerprint density at radius 1 is 0.929 bits per heavy atom. The molecule has 7 heteroatoms. The lowest BCUT2D eigenvalue weighted by Crippen LogP contribution is -2.44. The number of carbonyl (C=O) groups is 3. The molecule has 2 N–H and O–H groups in total. The van der Waals surface area contributed by atoms with E-state index in [9.17, 15) is 14.4 Å². The highest BCUT2D eigenvalue weighted by Crippen LogP contribution is 2.05. The number of hydrogen-bond donors (Lipinski definition) is 2. The summed E-state index contributed by atoms with van der Waals surface area (Å²) in [4.78, 5) is 35.7. The lowest BCUT2D eigenvalue weighted by molar-refractivity contribution is -0.145. The zero-order chi connectivity index (χ0) is 20.2. The van der Waals surface area contributed by atoms with Crippen molar-refractivity contribution in [3.8, 4) is 0 Å². The Morgan fingerprint density at radius 2 is 1.54 bits per heavy atom. The molecule has 148 valence electrons. The summed E-state index contributed by atoms with van der Waals surface area (Å²) in [6.07, 6.45) is -0.264. The third kappa shape index (κ3) is 7.49. The van der Waals surface area contributed by atoms with Crippen LogP contribution in [0.4, 0.5) is 4.79 Å². The van der Waals surface area contributed by atoms with Crippen molar-refractivity contribution in [1.82, 2.24) is 10.6 Å². The van der Waals surface area contributed by atoms with Gasteiger partial charge in [0.25, 0.3) is 0 Å². The van der Waals surface area contributed by atoms with Crippen LogP contribution < -0.4 is 10.6 Å². The average molecular weight is 384 g/mol. The maximum absolute atomic E-state index is 12.1. The number of benzene rings is 2. The van der Waals surface area contributed by atoms with Crippen molar-refractivity contribution in [3.05, 3.63) is 71.8 Å². The van der Waals surface area contributed by atoms with Crippen LogP contribution in [0.2, 0.25) is 0 Å². The third-order valence-corrected chi connectivity index (χ3v) is 3.94. The first-order valence-corrected chi connectivity index (χ1v) is 8.94. The van der Waals surface area contributed by atoms with E-state index in [2.05, 4.69) is 10.6 Å². The molecule has 0 fully saturated rings. The van der Waals surface area contributed by atoms with Crippen LogP contribution in [0, 0.1) is 0 Å². The van der Waals surface area contributed by atoms with Crippen molar-refractivity contribution >= 4 is 18.0 Å². The lowest BCUT2D eigenvalue weighted by atomic mass is 10.1. The molecule has 0 spiro atoms. The molecule has 0 saturated carbocycles. The zero-order valence-electron chi connectivity index (χ0n) is 15.7. The Kier molecular flexibility index (Phi) is 8.52. The van der Waals surface area contributed by atoms with Gasteiger partial charge in [0.1, 0.15) is 12.6 Å². The SMILES string of the molecule is COC(=O)[C@@H](Cc1ccccc1)NC(=O)CCNC(=O)OCc1ccccc1. The molecule has 0 aliphatic rings. The minimum atomic E-state index is -0.787. The summed E-state index contributed by atoms with van der Waals surface area (Å²) in [6, 6.07) is 17.8. The predicted molar refractivity (Wildman–Crippen MR) is 103 cm³/mol. The monoisotopic (exact) mass is 384 g/mol. The number of methoxy groups -OCH3 is 1. The summed E-state index contributed by atoms with van der Waals surface area (Å²) in [5, 5.41) is 5.15. The first-order valence-electron chi connectivity index (χ1n) is 8.94. The molecule has 0 unspecified atom stereocenters. The number of ether oxygens (including phenoxy) is 2. The van der Waals surface area contributed by atoms with Gasteiger partial charge in [-0.1, -0.05) is 60.7 Å². The van der Waals surface area contributed by atoms with Gasteiger partial charge in [-0.25, -0.2) is 9.59 Å². The molecule has 0 heterocycles. The van der Waals surface area contributed by atoms with Gasteiger partial charge >= 0.3 is 12.1 Å². The van der Waals surface area contributed by atoms with Gasteiger partial charge in [-0.2, -0.15) is 0 Å². The molecule has 2 amide bonds. The minimum absolute atomic E-state index is 0.0166. The van der Waals surface area contributed by atoms with E-state index < -0.39 is 18.1 Å². The molecule has 1 atom stereocenters. The van der Waals surface area contributed by atoms with Crippen LogP contribution in [-0.4, -0.2) is 37.7 Å². The summed E-state index contributed by atoms with van der Waals surface area (Å²) in [6.45, 7) is 0.249. The van der Waals surface area contributed by atoms with E-state index in [1.54, 1.807) is 0 Å². The number of rotatable bonds is 9. The molecule has 2 rings (SSSR count). The molecule has 0 aliphatic carbocycles.